The fourth-order valence-corrected chi connectivity index (χ4v) is 2.19. The predicted octanol–water partition coefficient (Wildman–Crippen LogP) is 2.88. The third-order valence-electron chi connectivity index (χ3n) is 3.21. The van der Waals surface area contributed by atoms with Gasteiger partial charge in [-0.05, 0) is 37.3 Å². The van der Waals surface area contributed by atoms with E-state index in [2.05, 4.69) is 4.98 Å². The number of halogens is 1. The lowest BCUT2D eigenvalue weighted by molar-refractivity contribution is -0.509. The van der Waals surface area contributed by atoms with E-state index in [0.29, 0.717) is 0 Å². The number of benzene rings is 1. The molecular formula is C15H14FN2O+. The molecule has 1 aromatic carbocycles. The first-order valence-corrected chi connectivity index (χ1v) is 6.02. The Balaban J connectivity index is 2.14. The second kappa shape index (κ2) is 4.39. The summed E-state index contributed by atoms with van der Waals surface area (Å²) in [6.07, 6.45) is 3.91. The van der Waals surface area contributed by atoms with E-state index in [9.17, 15) is 4.39 Å². The highest BCUT2D eigenvalue weighted by Gasteiger charge is 2.14. The second-order valence-electron chi connectivity index (χ2n) is 4.46. The molecule has 0 atom stereocenters. The van der Waals surface area contributed by atoms with Crippen molar-refractivity contribution < 1.29 is 13.5 Å². The molecule has 0 bridgehead atoms. The molecule has 0 aliphatic carbocycles. The van der Waals surface area contributed by atoms with Crippen molar-refractivity contribution in [2.24, 2.45) is 0 Å². The number of pyridine rings is 1. The van der Waals surface area contributed by atoms with Crippen LogP contribution in [0.1, 0.15) is 5.56 Å². The molecule has 4 heteroatoms. The molecule has 0 aliphatic rings. The van der Waals surface area contributed by atoms with Crippen LogP contribution < -0.4 is 9.14 Å². The van der Waals surface area contributed by atoms with Crippen LogP contribution in [0.25, 0.3) is 16.9 Å². The first-order chi connectivity index (χ1) is 9.19. The highest BCUT2D eigenvalue weighted by atomic mass is 19.1. The predicted molar refractivity (Wildman–Crippen MR) is 70.6 cm³/mol. The van der Waals surface area contributed by atoms with Crippen LogP contribution in [0.3, 0.4) is 0 Å². The summed E-state index contributed by atoms with van der Waals surface area (Å²) in [6, 6.07) is 8.95. The van der Waals surface area contributed by atoms with E-state index >= 15 is 0 Å². The summed E-state index contributed by atoms with van der Waals surface area (Å²) in [5.41, 5.74) is 3.81. The average Bonchev–Trinajstić information content (AvgIpc) is 2.84. The van der Waals surface area contributed by atoms with Gasteiger partial charge in [-0.3, -0.25) is 0 Å². The highest BCUT2D eigenvalue weighted by molar-refractivity contribution is 5.62. The standard InChI is InChI=1S/C15H13FN2O/c1-10-4-3-7-18-9-13(17-15(10)18)11-5-6-14(19-2)12(16)8-11/h3-9H,1-2H3/p+1. The number of imidazole rings is 1. The van der Waals surface area contributed by atoms with Gasteiger partial charge in [0.15, 0.2) is 17.3 Å². The monoisotopic (exact) mass is 257 g/mol. The molecule has 2 heterocycles. The Bertz CT molecular complexity index is 749. The Hall–Kier alpha value is -2.36. The van der Waals surface area contributed by atoms with Gasteiger partial charge in [-0.2, -0.15) is 0 Å². The molecule has 0 saturated heterocycles. The number of aryl methyl sites for hydroxylation is 1. The fourth-order valence-electron chi connectivity index (χ4n) is 2.19. The Labute approximate surface area is 110 Å². The lowest BCUT2D eigenvalue weighted by Crippen LogP contribution is -2.17. The molecule has 1 N–H and O–H groups in total. The molecule has 0 saturated carbocycles. The molecule has 0 amide bonds. The van der Waals surface area contributed by atoms with Crippen molar-refractivity contribution in [3.05, 3.63) is 54.1 Å². The number of aromatic amines is 1. The van der Waals surface area contributed by atoms with Crippen molar-refractivity contribution >= 4 is 5.65 Å². The molecular weight excluding hydrogens is 243 g/mol. The molecule has 96 valence electrons. The van der Waals surface area contributed by atoms with Crippen molar-refractivity contribution in [2.45, 2.75) is 6.92 Å². The van der Waals surface area contributed by atoms with Crippen molar-refractivity contribution in [3.8, 4) is 17.0 Å². The summed E-state index contributed by atoms with van der Waals surface area (Å²) in [4.78, 5) is 3.30. The van der Waals surface area contributed by atoms with E-state index in [0.717, 1.165) is 22.5 Å². The molecule has 0 aliphatic heterocycles. The van der Waals surface area contributed by atoms with Crippen LogP contribution in [-0.4, -0.2) is 12.1 Å². The zero-order valence-corrected chi connectivity index (χ0v) is 10.8. The Morgan fingerprint density at radius 3 is 2.79 bits per heavy atom. The van der Waals surface area contributed by atoms with Gasteiger partial charge in [-0.25, -0.2) is 13.8 Å². The number of H-pyrrole nitrogens is 1. The van der Waals surface area contributed by atoms with E-state index in [1.807, 2.05) is 41.9 Å². The van der Waals surface area contributed by atoms with Crippen LogP contribution in [0.15, 0.2) is 42.7 Å². The number of fused-ring (bicyclic) bond motifs is 1. The maximum atomic E-state index is 13.7. The van der Waals surface area contributed by atoms with Gasteiger partial charge in [-0.1, -0.05) is 0 Å². The maximum Gasteiger partial charge on any atom is 0.287 e. The van der Waals surface area contributed by atoms with E-state index in [4.69, 9.17) is 4.74 Å². The molecule has 0 radical (unpaired) electrons. The van der Waals surface area contributed by atoms with Crippen LogP contribution >= 0.6 is 0 Å². The molecule has 0 fully saturated rings. The van der Waals surface area contributed by atoms with Crippen LogP contribution in [0.2, 0.25) is 0 Å². The minimum atomic E-state index is -0.361. The largest absolute Gasteiger partial charge is 0.494 e. The zero-order valence-electron chi connectivity index (χ0n) is 10.8. The van der Waals surface area contributed by atoms with Gasteiger partial charge in [0.05, 0.1) is 13.3 Å². The molecule has 19 heavy (non-hydrogen) atoms. The number of nitrogens with zero attached hydrogens (tertiary/aromatic N) is 1. The lowest BCUT2D eigenvalue weighted by Gasteiger charge is -2.01. The zero-order chi connectivity index (χ0) is 13.4. The van der Waals surface area contributed by atoms with Crippen molar-refractivity contribution in [3.63, 3.8) is 0 Å². The molecule has 3 rings (SSSR count). The normalized spacial score (nSPS) is 10.9. The SMILES string of the molecule is COc1ccc(-c2c[n+]3cccc(C)c3[nH]2)cc1F. The topological polar surface area (TPSA) is 29.1 Å². The van der Waals surface area contributed by atoms with Gasteiger partial charge in [0, 0.05) is 11.1 Å². The summed E-state index contributed by atoms with van der Waals surface area (Å²) < 4.78 is 20.6. The lowest BCUT2D eigenvalue weighted by atomic mass is 10.1. The fraction of sp³-hybridized carbons (Fsp3) is 0.133. The Morgan fingerprint density at radius 2 is 2.11 bits per heavy atom. The van der Waals surface area contributed by atoms with Crippen molar-refractivity contribution in [1.29, 1.82) is 0 Å². The van der Waals surface area contributed by atoms with E-state index < -0.39 is 0 Å². The Kier molecular flexibility index (Phi) is 2.71. The summed E-state index contributed by atoms with van der Waals surface area (Å²) in [6.45, 7) is 2.03. The number of rotatable bonds is 2. The minimum Gasteiger partial charge on any atom is -0.494 e. The number of methoxy groups -OCH3 is 1. The van der Waals surface area contributed by atoms with E-state index in [1.165, 1.54) is 13.2 Å². The van der Waals surface area contributed by atoms with Crippen LogP contribution in [0.4, 0.5) is 4.39 Å². The molecule has 3 aromatic rings. The first-order valence-electron chi connectivity index (χ1n) is 6.02. The summed E-state index contributed by atoms with van der Waals surface area (Å²) in [7, 11) is 1.46. The van der Waals surface area contributed by atoms with Gasteiger partial charge in [0.2, 0.25) is 0 Å². The second-order valence-corrected chi connectivity index (χ2v) is 4.46. The minimum absolute atomic E-state index is 0.253. The number of hydrogen-bond donors (Lipinski definition) is 1. The average molecular weight is 257 g/mol. The molecule has 0 spiro atoms. The van der Waals surface area contributed by atoms with Crippen LogP contribution in [-0.2, 0) is 0 Å². The third kappa shape index (κ3) is 1.95. The summed E-state index contributed by atoms with van der Waals surface area (Å²) in [5.74, 6) is -0.107. The van der Waals surface area contributed by atoms with Crippen LogP contribution in [0, 0.1) is 12.7 Å². The van der Waals surface area contributed by atoms with E-state index in [1.54, 1.807) is 6.07 Å². The number of ether oxygens (including phenoxy) is 1. The van der Waals surface area contributed by atoms with E-state index in [-0.39, 0.29) is 11.6 Å². The highest BCUT2D eigenvalue weighted by Crippen LogP contribution is 2.24. The van der Waals surface area contributed by atoms with Crippen molar-refractivity contribution in [1.82, 2.24) is 4.98 Å². The number of aromatic nitrogens is 2. The van der Waals surface area contributed by atoms with Gasteiger partial charge in [0.25, 0.3) is 5.65 Å². The van der Waals surface area contributed by atoms with Gasteiger partial charge < -0.3 is 4.74 Å². The maximum absolute atomic E-state index is 13.7. The smallest absolute Gasteiger partial charge is 0.287 e. The Morgan fingerprint density at radius 1 is 1.26 bits per heavy atom. The molecule has 2 aromatic heterocycles. The van der Waals surface area contributed by atoms with Crippen molar-refractivity contribution in [2.75, 3.05) is 7.11 Å². The number of nitrogens with one attached hydrogen (secondary N) is 1. The quantitative estimate of drug-likeness (QED) is 0.703. The van der Waals surface area contributed by atoms with Gasteiger partial charge >= 0.3 is 0 Å². The molecule has 3 nitrogen and oxygen atoms in total. The van der Waals surface area contributed by atoms with Gasteiger partial charge in [-0.15, -0.1) is 0 Å². The van der Waals surface area contributed by atoms with Gasteiger partial charge in [0.1, 0.15) is 6.20 Å². The van der Waals surface area contributed by atoms with Crippen LogP contribution in [0.5, 0.6) is 5.75 Å². The summed E-state index contributed by atoms with van der Waals surface area (Å²) in [5, 5.41) is 0. The first kappa shape index (κ1) is 11.7. The molecule has 0 unspecified atom stereocenters. The summed E-state index contributed by atoms with van der Waals surface area (Å²) >= 11 is 0. The third-order valence-corrected chi connectivity index (χ3v) is 3.21. The number of hydrogen-bond acceptors (Lipinski definition) is 1.